The van der Waals surface area contributed by atoms with Crippen molar-refractivity contribution in [3.63, 3.8) is 0 Å². The van der Waals surface area contributed by atoms with Crippen LogP contribution < -0.4 is 10.5 Å². The van der Waals surface area contributed by atoms with E-state index in [4.69, 9.17) is 45.3 Å². The maximum atomic E-state index is 9.81. The minimum atomic E-state index is 0.0673. The largest absolute Gasteiger partial charge is 0.495 e. The van der Waals surface area contributed by atoms with Gasteiger partial charge in [0.15, 0.2) is 5.84 Å². The third-order valence-corrected chi connectivity index (χ3v) is 3.88. The van der Waals surface area contributed by atoms with Gasteiger partial charge in [-0.15, -0.1) is 0 Å². The summed E-state index contributed by atoms with van der Waals surface area (Å²) in [6, 6.07) is 10.3. The third kappa shape index (κ3) is 5.60. The summed E-state index contributed by atoms with van der Waals surface area (Å²) in [6.07, 6.45) is 0. The van der Waals surface area contributed by atoms with Gasteiger partial charge < -0.3 is 15.3 Å². The van der Waals surface area contributed by atoms with E-state index < -0.39 is 0 Å². The number of ether oxygens (including phenoxy) is 1. The summed E-state index contributed by atoms with van der Waals surface area (Å²) in [5.41, 5.74) is 6.87. The molecule has 128 valence electrons. The number of amidine groups is 1. The van der Waals surface area contributed by atoms with Gasteiger partial charge in [0.2, 0.25) is 0 Å². The average Bonchev–Trinajstić information content (AvgIpc) is 2.58. The van der Waals surface area contributed by atoms with Crippen LogP contribution in [0.25, 0.3) is 0 Å². The molecule has 0 aliphatic rings. The third-order valence-electron chi connectivity index (χ3n) is 2.84. The molecule has 5 nitrogen and oxygen atoms in total. The van der Waals surface area contributed by atoms with Gasteiger partial charge >= 0.3 is 6.47 Å². The molecular weight excluding hydrogens is 375 g/mol. The number of methoxy groups -OCH3 is 1. The van der Waals surface area contributed by atoms with Crippen LogP contribution in [-0.2, 0) is 9.63 Å². The van der Waals surface area contributed by atoms with Crippen molar-refractivity contribution in [2.24, 2.45) is 10.9 Å². The molecule has 2 N–H and O–H groups in total. The van der Waals surface area contributed by atoms with Crippen LogP contribution in [0.4, 0.5) is 0 Å². The number of nitrogens with zero attached hydrogens (tertiary/aromatic N) is 1. The number of carbonyl (C=O) groups excluding carboxylic acids is 1. The Hall–Kier alpha value is -1.95. The van der Waals surface area contributed by atoms with Crippen LogP contribution in [-0.4, -0.2) is 19.4 Å². The number of carbonyl (C=O) groups is 1. The topological polar surface area (TPSA) is 73.9 Å². The molecule has 0 unspecified atom stereocenters. The predicted molar refractivity (Wildman–Crippen MR) is 97.1 cm³/mol. The molecule has 0 saturated heterocycles. The van der Waals surface area contributed by atoms with Gasteiger partial charge in [-0.25, -0.2) is 0 Å². The van der Waals surface area contributed by atoms with Gasteiger partial charge in [0.1, 0.15) is 5.75 Å². The summed E-state index contributed by atoms with van der Waals surface area (Å²) < 4.78 is 5.04. The van der Waals surface area contributed by atoms with E-state index in [0.29, 0.717) is 26.4 Å². The number of oxime groups is 1. The fourth-order valence-electron chi connectivity index (χ4n) is 1.68. The van der Waals surface area contributed by atoms with Gasteiger partial charge in [-0.1, -0.05) is 52.1 Å². The lowest BCUT2D eigenvalue weighted by Gasteiger charge is -2.07. The molecule has 2 rings (SSSR count). The summed E-state index contributed by atoms with van der Waals surface area (Å²) in [7, 11) is 1.57. The first-order valence-corrected chi connectivity index (χ1v) is 7.72. The SMILES string of the molecule is COc1c(Cl)ccc(Cl)c1C.N/C(=N\OC=O)c1ccccc1Cl. The van der Waals surface area contributed by atoms with Crippen LogP contribution in [0.5, 0.6) is 5.75 Å². The van der Waals surface area contributed by atoms with Crippen LogP contribution >= 0.6 is 34.8 Å². The molecular formula is C16H15Cl3N2O3. The van der Waals surface area contributed by atoms with Crippen molar-refractivity contribution in [2.75, 3.05) is 7.11 Å². The average molecular weight is 390 g/mol. The molecule has 0 heterocycles. The monoisotopic (exact) mass is 388 g/mol. The lowest BCUT2D eigenvalue weighted by molar-refractivity contribution is -0.128. The highest BCUT2D eigenvalue weighted by Gasteiger charge is 2.06. The first-order valence-electron chi connectivity index (χ1n) is 6.58. The van der Waals surface area contributed by atoms with Crippen molar-refractivity contribution >= 4 is 47.1 Å². The minimum absolute atomic E-state index is 0.0673. The van der Waals surface area contributed by atoms with Crippen molar-refractivity contribution in [3.05, 3.63) is 62.6 Å². The summed E-state index contributed by atoms with van der Waals surface area (Å²) in [5, 5.41) is 5.04. The zero-order chi connectivity index (χ0) is 18.1. The van der Waals surface area contributed by atoms with Crippen molar-refractivity contribution in [1.29, 1.82) is 0 Å². The molecule has 0 atom stereocenters. The molecule has 2 aromatic carbocycles. The summed E-state index contributed by atoms with van der Waals surface area (Å²) >= 11 is 17.4. The van der Waals surface area contributed by atoms with Gasteiger partial charge in [0.05, 0.1) is 17.2 Å². The first-order chi connectivity index (χ1) is 11.4. The Morgan fingerprint density at radius 1 is 1.08 bits per heavy atom. The van der Waals surface area contributed by atoms with Crippen LogP contribution in [0.3, 0.4) is 0 Å². The second-order valence-electron chi connectivity index (χ2n) is 4.35. The smallest absolute Gasteiger partial charge is 0.323 e. The van der Waals surface area contributed by atoms with Gasteiger partial charge in [0.25, 0.3) is 0 Å². The second kappa shape index (κ2) is 10.0. The molecule has 24 heavy (non-hydrogen) atoms. The van der Waals surface area contributed by atoms with E-state index in [1.165, 1.54) is 0 Å². The molecule has 0 radical (unpaired) electrons. The highest BCUT2D eigenvalue weighted by molar-refractivity contribution is 6.35. The zero-order valence-electron chi connectivity index (χ0n) is 12.9. The molecule has 0 saturated carbocycles. The Labute approximate surface area is 154 Å². The van der Waals surface area contributed by atoms with Crippen LogP contribution in [0.1, 0.15) is 11.1 Å². The number of halogens is 3. The van der Waals surface area contributed by atoms with E-state index in [-0.39, 0.29) is 12.3 Å². The van der Waals surface area contributed by atoms with Gasteiger partial charge in [0, 0.05) is 16.1 Å². The molecule has 0 spiro atoms. The Balaban J connectivity index is 0.000000243. The lowest BCUT2D eigenvalue weighted by Crippen LogP contribution is -2.14. The molecule has 0 aromatic heterocycles. The molecule has 2 aromatic rings. The first kappa shape index (κ1) is 20.1. The number of hydrogen-bond acceptors (Lipinski definition) is 4. The van der Waals surface area contributed by atoms with Crippen LogP contribution in [0.2, 0.25) is 15.1 Å². The normalized spacial score (nSPS) is 10.5. The van der Waals surface area contributed by atoms with E-state index in [1.807, 2.05) is 6.92 Å². The molecule has 0 amide bonds. The van der Waals surface area contributed by atoms with Crippen molar-refractivity contribution in [1.82, 2.24) is 0 Å². The number of rotatable bonds is 4. The second-order valence-corrected chi connectivity index (χ2v) is 5.57. The molecule has 0 bridgehead atoms. The van der Waals surface area contributed by atoms with E-state index in [9.17, 15) is 4.79 Å². The summed E-state index contributed by atoms with van der Waals surface area (Å²) in [5.74, 6) is 0.719. The number of hydrogen-bond donors (Lipinski definition) is 1. The van der Waals surface area contributed by atoms with Crippen LogP contribution in [0.15, 0.2) is 41.6 Å². The van der Waals surface area contributed by atoms with Crippen LogP contribution in [0, 0.1) is 6.92 Å². The lowest BCUT2D eigenvalue weighted by atomic mass is 10.2. The van der Waals surface area contributed by atoms with Crippen molar-refractivity contribution in [2.45, 2.75) is 6.92 Å². The van der Waals surface area contributed by atoms with Crippen molar-refractivity contribution in [3.8, 4) is 5.75 Å². The fourth-order valence-corrected chi connectivity index (χ4v) is 2.34. The Morgan fingerprint density at radius 3 is 2.25 bits per heavy atom. The summed E-state index contributed by atoms with van der Waals surface area (Å²) in [6.45, 7) is 2.05. The zero-order valence-corrected chi connectivity index (χ0v) is 15.2. The minimum Gasteiger partial charge on any atom is -0.495 e. The molecule has 0 aliphatic heterocycles. The maximum Gasteiger partial charge on any atom is 0.323 e. The quantitative estimate of drug-likeness (QED) is 0.276. The Bertz CT molecular complexity index is 737. The fraction of sp³-hybridized carbons (Fsp3) is 0.125. The van der Waals surface area contributed by atoms with Gasteiger partial charge in [-0.05, 0) is 31.2 Å². The highest BCUT2D eigenvalue weighted by Crippen LogP contribution is 2.32. The van der Waals surface area contributed by atoms with E-state index >= 15 is 0 Å². The number of nitrogens with two attached hydrogens (primary N) is 1. The predicted octanol–water partition coefficient (Wildman–Crippen LogP) is 4.44. The molecule has 0 fully saturated rings. The molecule has 0 aliphatic carbocycles. The van der Waals surface area contributed by atoms with E-state index in [0.717, 1.165) is 5.56 Å². The Kier molecular flexibility index (Phi) is 8.40. The highest BCUT2D eigenvalue weighted by atomic mass is 35.5. The molecule has 8 heteroatoms. The maximum absolute atomic E-state index is 9.81. The van der Waals surface area contributed by atoms with Gasteiger partial charge in [-0.2, -0.15) is 0 Å². The standard InChI is InChI=1S/C8H8Cl2O.C8H7ClN2O2/c1-5-6(9)3-4-7(10)8(5)11-2;9-7-4-2-1-3-6(7)8(10)11-13-5-12/h3-4H,1-2H3;1-5H,(H2,10,11). The van der Waals surface area contributed by atoms with Gasteiger partial charge in [-0.3, -0.25) is 4.79 Å². The van der Waals surface area contributed by atoms with Crippen molar-refractivity contribution < 1.29 is 14.4 Å². The van der Waals surface area contributed by atoms with E-state index in [2.05, 4.69) is 9.99 Å². The van der Waals surface area contributed by atoms with E-state index in [1.54, 1.807) is 43.5 Å². The Morgan fingerprint density at radius 2 is 1.71 bits per heavy atom. The summed E-state index contributed by atoms with van der Waals surface area (Å²) in [4.78, 5) is 13.9. The number of benzene rings is 2.